The van der Waals surface area contributed by atoms with Crippen molar-refractivity contribution < 1.29 is 24.5 Å². The number of rotatable bonds is 4. The summed E-state index contributed by atoms with van der Waals surface area (Å²) < 4.78 is 4.82. The van der Waals surface area contributed by atoms with Gasteiger partial charge in [0.2, 0.25) is 0 Å². The first-order chi connectivity index (χ1) is 11.3. The van der Waals surface area contributed by atoms with Crippen LogP contribution in [0.5, 0.6) is 5.75 Å². The number of carboxylic acid groups (broad SMARTS) is 1. The van der Waals surface area contributed by atoms with Crippen LogP contribution in [0, 0.1) is 0 Å². The standard InChI is InChI=1S/C20H28O5/c1-8-25-18(24)13(17(22)23)9-12-10-14(19(2,3)4)16(21)15(11-12)20(5,6)7/h9-11,21H,8H2,1-7H3,(H,22,23)/b13-9-. The SMILES string of the molecule is CCOC(=O)/C(=C\c1cc(C(C)(C)C)c(O)c(C(C)(C)C)c1)C(=O)O. The molecule has 0 saturated heterocycles. The Morgan fingerprint density at radius 2 is 1.48 bits per heavy atom. The number of phenolic OH excluding ortho intramolecular Hbond substituents is 1. The van der Waals surface area contributed by atoms with Crippen molar-refractivity contribution >= 4 is 18.0 Å². The lowest BCUT2D eigenvalue weighted by atomic mass is 9.78. The first kappa shape index (κ1) is 20.7. The van der Waals surface area contributed by atoms with Crippen LogP contribution in [0.2, 0.25) is 0 Å². The molecule has 0 aliphatic rings. The highest BCUT2D eigenvalue weighted by Gasteiger charge is 2.27. The molecule has 0 heterocycles. The summed E-state index contributed by atoms with van der Waals surface area (Å²) in [5.41, 5.74) is 0.799. The van der Waals surface area contributed by atoms with Gasteiger partial charge in [-0.3, -0.25) is 0 Å². The molecule has 0 radical (unpaired) electrons. The molecular formula is C20H28O5. The molecule has 0 spiro atoms. The monoisotopic (exact) mass is 348 g/mol. The number of hydrogen-bond acceptors (Lipinski definition) is 4. The molecule has 0 unspecified atom stereocenters. The van der Waals surface area contributed by atoms with Crippen LogP contribution in [0.25, 0.3) is 6.08 Å². The number of aliphatic carboxylic acids is 1. The molecule has 2 N–H and O–H groups in total. The number of esters is 1. The van der Waals surface area contributed by atoms with E-state index < -0.39 is 17.5 Å². The van der Waals surface area contributed by atoms with E-state index in [0.717, 1.165) is 0 Å². The maximum atomic E-state index is 11.9. The number of aromatic hydroxyl groups is 1. The van der Waals surface area contributed by atoms with E-state index in [4.69, 9.17) is 4.74 Å². The van der Waals surface area contributed by atoms with Gasteiger partial charge in [-0.15, -0.1) is 0 Å². The molecule has 1 rings (SSSR count). The molecule has 0 bridgehead atoms. The fraction of sp³-hybridized carbons (Fsp3) is 0.500. The van der Waals surface area contributed by atoms with Crippen molar-refractivity contribution in [2.45, 2.75) is 59.3 Å². The Morgan fingerprint density at radius 3 is 1.80 bits per heavy atom. The minimum absolute atomic E-state index is 0.0967. The molecule has 0 aromatic heterocycles. The second kappa shape index (κ2) is 7.30. The third-order valence-electron chi connectivity index (χ3n) is 3.79. The quantitative estimate of drug-likeness (QED) is 0.372. The molecule has 5 nitrogen and oxygen atoms in total. The van der Waals surface area contributed by atoms with Gasteiger partial charge in [-0.1, -0.05) is 41.5 Å². The third-order valence-corrected chi connectivity index (χ3v) is 3.79. The molecule has 138 valence electrons. The Labute approximate surface area is 149 Å². The molecule has 0 atom stereocenters. The Hall–Kier alpha value is -2.30. The Bertz CT molecular complexity index is 665. The molecule has 1 aromatic carbocycles. The normalized spacial score (nSPS) is 12.8. The summed E-state index contributed by atoms with van der Waals surface area (Å²) in [5.74, 6) is -2.02. The van der Waals surface area contributed by atoms with Crippen LogP contribution in [-0.2, 0) is 25.2 Å². The van der Waals surface area contributed by atoms with Crippen LogP contribution in [0.3, 0.4) is 0 Å². The van der Waals surface area contributed by atoms with Gasteiger partial charge >= 0.3 is 11.9 Å². The van der Waals surface area contributed by atoms with Crippen molar-refractivity contribution in [2.24, 2.45) is 0 Å². The van der Waals surface area contributed by atoms with Crippen LogP contribution >= 0.6 is 0 Å². The largest absolute Gasteiger partial charge is 0.507 e. The summed E-state index contributed by atoms with van der Waals surface area (Å²) in [6.07, 6.45) is 1.30. The minimum atomic E-state index is -1.35. The molecular weight excluding hydrogens is 320 g/mol. The van der Waals surface area contributed by atoms with Gasteiger partial charge in [0.05, 0.1) is 6.61 Å². The van der Waals surface area contributed by atoms with Crippen LogP contribution < -0.4 is 0 Å². The number of benzene rings is 1. The topological polar surface area (TPSA) is 83.8 Å². The number of phenols is 1. The lowest BCUT2D eigenvalue weighted by Crippen LogP contribution is -2.18. The first-order valence-electron chi connectivity index (χ1n) is 8.29. The summed E-state index contributed by atoms with van der Waals surface area (Å²) >= 11 is 0. The summed E-state index contributed by atoms with van der Waals surface area (Å²) in [5, 5.41) is 20.0. The second-order valence-electron chi connectivity index (χ2n) is 8.05. The number of ether oxygens (including phenoxy) is 1. The molecule has 0 amide bonds. The molecule has 5 heteroatoms. The van der Waals surface area contributed by atoms with Crippen molar-refractivity contribution in [3.63, 3.8) is 0 Å². The summed E-state index contributed by atoms with van der Waals surface area (Å²) in [4.78, 5) is 23.3. The minimum Gasteiger partial charge on any atom is -0.507 e. The number of hydrogen-bond donors (Lipinski definition) is 2. The zero-order chi connectivity index (χ0) is 19.6. The van der Waals surface area contributed by atoms with Crippen LogP contribution in [0.1, 0.15) is 65.2 Å². The maximum Gasteiger partial charge on any atom is 0.345 e. The fourth-order valence-electron chi connectivity index (χ4n) is 2.47. The van der Waals surface area contributed by atoms with E-state index in [1.165, 1.54) is 6.08 Å². The molecule has 0 fully saturated rings. The van der Waals surface area contributed by atoms with Crippen LogP contribution in [0.15, 0.2) is 17.7 Å². The van der Waals surface area contributed by atoms with Crippen molar-refractivity contribution in [1.29, 1.82) is 0 Å². The molecule has 0 aliphatic carbocycles. The van der Waals surface area contributed by atoms with Gasteiger partial charge in [-0.25, -0.2) is 9.59 Å². The Kier molecular flexibility index (Phi) is 6.05. The second-order valence-corrected chi connectivity index (χ2v) is 8.05. The first-order valence-corrected chi connectivity index (χ1v) is 8.29. The zero-order valence-electron chi connectivity index (χ0n) is 16.1. The van der Waals surface area contributed by atoms with Crippen LogP contribution in [-0.4, -0.2) is 28.8 Å². The van der Waals surface area contributed by atoms with Gasteiger partial charge in [0.25, 0.3) is 0 Å². The van der Waals surface area contributed by atoms with Gasteiger partial charge in [-0.2, -0.15) is 0 Å². The molecule has 1 aromatic rings. The zero-order valence-corrected chi connectivity index (χ0v) is 16.1. The van der Waals surface area contributed by atoms with Gasteiger partial charge in [0.15, 0.2) is 0 Å². The van der Waals surface area contributed by atoms with Crippen molar-refractivity contribution in [3.05, 3.63) is 34.4 Å². The maximum absolute atomic E-state index is 11.9. The van der Waals surface area contributed by atoms with E-state index in [1.807, 2.05) is 41.5 Å². The summed E-state index contributed by atoms with van der Waals surface area (Å²) in [6.45, 7) is 13.5. The fourth-order valence-corrected chi connectivity index (χ4v) is 2.47. The average molecular weight is 348 g/mol. The van der Waals surface area contributed by atoms with E-state index in [1.54, 1.807) is 19.1 Å². The highest BCUT2D eigenvalue weighted by Crippen LogP contribution is 2.40. The average Bonchev–Trinajstić information content (AvgIpc) is 2.43. The summed E-state index contributed by atoms with van der Waals surface area (Å²) in [7, 11) is 0. The predicted molar refractivity (Wildman–Crippen MR) is 97.8 cm³/mol. The predicted octanol–water partition coefficient (Wildman–Crippen LogP) is 4.02. The molecule has 0 saturated carbocycles. The number of carbonyl (C=O) groups excluding carboxylic acids is 1. The Balaban J connectivity index is 3.67. The van der Waals surface area contributed by atoms with E-state index in [-0.39, 0.29) is 23.2 Å². The lowest BCUT2D eigenvalue weighted by Gasteiger charge is -2.28. The van der Waals surface area contributed by atoms with Crippen molar-refractivity contribution in [2.75, 3.05) is 6.61 Å². The van der Waals surface area contributed by atoms with Gasteiger partial charge in [0.1, 0.15) is 11.3 Å². The van der Waals surface area contributed by atoms with Crippen molar-refractivity contribution in [1.82, 2.24) is 0 Å². The number of carboxylic acids is 1. The third kappa shape index (κ3) is 5.08. The molecule has 25 heavy (non-hydrogen) atoms. The summed E-state index contributed by atoms with van der Waals surface area (Å²) in [6, 6.07) is 3.43. The molecule has 0 aliphatic heterocycles. The van der Waals surface area contributed by atoms with Gasteiger partial charge in [0, 0.05) is 11.1 Å². The van der Waals surface area contributed by atoms with Gasteiger partial charge < -0.3 is 14.9 Å². The van der Waals surface area contributed by atoms with E-state index in [0.29, 0.717) is 16.7 Å². The van der Waals surface area contributed by atoms with E-state index in [2.05, 4.69) is 0 Å². The highest BCUT2D eigenvalue weighted by molar-refractivity contribution is 6.17. The smallest absolute Gasteiger partial charge is 0.345 e. The van der Waals surface area contributed by atoms with E-state index >= 15 is 0 Å². The van der Waals surface area contributed by atoms with Gasteiger partial charge in [-0.05, 0) is 41.5 Å². The lowest BCUT2D eigenvalue weighted by molar-refractivity contribution is -0.143. The van der Waals surface area contributed by atoms with E-state index in [9.17, 15) is 19.8 Å². The Morgan fingerprint density at radius 1 is 1.04 bits per heavy atom. The van der Waals surface area contributed by atoms with Crippen molar-refractivity contribution in [3.8, 4) is 5.75 Å². The van der Waals surface area contributed by atoms with Crippen LogP contribution in [0.4, 0.5) is 0 Å². The highest BCUT2D eigenvalue weighted by atomic mass is 16.5. The number of carbonyl (C=O) groups is 2.